The highest BCUT2D eigenvalue weighted by atomic mass is 16.1. The maximum atomic E-state index is 12.6. The van der Waals surface area contributed by atoms with E-state index < -0.39 is 0 Å². The average Bonchev–Trinajstić information content (AvgIpc) is 2.62. The molecule has 0 bridgehead atoms. The standard InChI is InChI=1S/C22H24N4O/c1-14-7-5-10-18(11-14)13-23-22(27)19-12-20(25-17(4)24-19)26-21-15(2)8-6-9-16(21)3/h5-12H,13H2,1-4H3,(H,23,27)(H,24,25,26). The fraction of sp³-hybridized carbons (Fsp3) is 0.227. The molecule has 0 aliphatic carbocycles. The van der Waals surface area contributed by atoms with E-state index >= 15 is 0 Å². The normalized spacial score (nSPS) is 10.5. The van der Waals surface area contributed by atoms with E-state index in [-0.39, 0.29) is 5.91 Å². The summed E-state index contributed by atoms with van der Waals surface area (Å²) in [4.78, 5) is 21.3. The van der Waals surface area contributed by atoms with Crippen LogP contribution in [0.15, 0.2) is 48.5 Å². The molecule has 3 rings (SSSR count). The molecule has 0 atom stereocenters. The van der Waals surface area contributed by atoms with Gasteiger partial charge in [0.05, 0.1) is 0 Å². The van der Waals surface area contributed by atoms with Gasteiger partial charge in [0.1, 0.15) is 17.3 Å². The molecule has 0 aliphatic rings. The van der Waals surface area contributed by atoms with Gasteiger partial charge in [-0.25, -0.2) is 9.97 Å². The Morgan fingerprint density at radius 1 is 0.926 bits per heavy atom. The molecule has 27 heavy (non-hydrogen) atoms. The van der Waals surface area contributed by atoms with Gasteiger partial charge < -0.3 is 10.6 Å². The Morgan fingerprint density at radius 3 is 2.33 bits per heavy atom. The predicted octanol–water partition coefficient (Wildman–Crippen LogP) is 4.38. The fourth-order valence-electron chi connectivity index (χ4n) is 2.98. The van der Waals surface area contributed by atoms with E-state index in [0.29, 0.717) is 23.9 Å². The van der Waals surface area contributed by atoms with Gasteiger partial charge in [0, 0.05) is 18.3 Å². The molecule has 1 heterocycles. The molecule has 5 nitrogen and oxygen atoms in total. The molecular formula is C22H24N4O. The summed E-state index contributed by atoms with van der Waals surface area (Å²) in [5.74, 6) is 0.944. The van der Waals surface area contributed by atoms with Crippen molar-refractivity contribution < 1.29 is 4.79 Å². The summed E-state index contributed by atoms with van der Waals surface area (Å²) in [6.45, 7) is 8.36. The number of para-hydroxylation sites is 1. The molecule has 2 N–H and O–H groups in total. The van der Waals surface area contributed by atoms with Gasteiger partial charge in [-0.1, -0.05) is 48.0 Å². The first-order chi connectivity index (χ1) is 12.9. The summed E-state index contributed by atoms with van der Waals surface area (Å²) >= 11 is 0. The van der Waals surface area contributed by atoms with Crippen LogP contribution in [0.1, 0.15) is 38.6 Å². The lowest BCUT2D eigenvalue weighted by Gasteiger charge is -2.13. The number of hydrogen-bond donors (Lipinski definition) is 2. The lowest BCUT2D eigenvalue weighted by atomic mass is 10.1. The van der Waals surface area contributed by atoms with Crippen LogP contribution in [0.25, 0.3) is 0 Å². The molecule has 1 aromatic heterocycles. The second-order valence-corrected chi connectivity index (χ2v) is 6.75. The average molecular weight is 360 g/mol. The number of amides is 1. The lowest BCUT2D eigenvalue weighted by Crippen LogP contribution is -2.24. The van der Waals surface area contributed by atoms with Gasteiger partial charge in [-0.3, -0.25) is 4.79 Å². The summed E-state index contributed by atoms with van der Waals surface area (Å²) in [6, 6.07) is 15.8. The zero-order valence-corrected chi connectivity index (χ0v) is 16.1. The van der Waals surface area contributed by atoms with Gasteiger partial charge in [0.15, 0.2) is 0 Å². The van der Waals surface area contributed by atoms with Crippen LogP contribution >= 0.6 is 0 Å². The van der Waals surface area contributed by atoms with Crippen LogP contribution in [0.2, 0.25) is 0 Å². The summed E-state index contributed by atoms with van der Waals surface area (Å²) in [5.41, 5.74) is 5.82. The molecule has 0 unspecified atom stereocenters. The number of hydrogen-bond acceptors (Lipinski definition) is 4. The zero-order valence-electron chi connectivity index (χ0n) is 16.1. The number of nitrogens with one attached hydrogen (secondary N) is 2. The Kier molecular flexibility index (Phi) is 5.50. The van der Waals surface area contributed by atoms with Crippen molar-refractivity contribution in [3.8, 4) is 0 Å². The van der Waals surface area contributed by atoms with Crippen molar-refractivity contribution in [2.45, 2.75) is 34.2 Å². The molecule has 138 valence electrons. The maximum absolute atomic E-state index is 12.6. The molecule has 0 radical (unpaired) electrons. The second kappa shape index (κ2) is 7.99. The van der Waals surface area contributed by atoms with Crippen molar-refractivity contribution in [3.05, 3.63) is 82.3 Å². The molecule has 0 saturated heterocycles. The predicted molar refractivity (Wildman–Crippen MR) is 108 cm³/mol. The van der Waals surface area contributed by atoms with E-state index in [4.69, 9.17) is 0 Å². The Bertz CT molecular complexity index is 962. The van der Waals surface area contributed by atoms with Gasteiger partial charge in [-0.05, 0) is 44.4 Å². The molecule has 5 heteroatoms. The molecule has 0 aliphatic heterocycles. The van der Waals surface area contributed by atoms with Gasteiger partial charge in [-0.15, -0.1) is 0 Å². The third-order valence-electron chi connectivity index (χ3n) is 4.34. The van der Waals surface area contributed by atoms with Gasteiger partial charge in [0.2, 0.25) is 0 Å². The number of aryl methyl sites for hydroxylation is 4. The molecule has 1 amide bonds. The first-order valence-electron chi connectivity index (χ1n) is 8.95. The minimum atomic E-state index is -0.216. The van der Waals surface area contributed by atoms with Crippen molar-refractivity contribution in [2.75, 3.05) is 5.32 Å². The van der Waals surface area contributed by atoms with E-state index in [1.807, 2.05) is 57.2 Å². The first kappa shape index (κ1) is 18.6. The number of benzene rings is 2. The topological polar surface area (TPSA) is 66.9 Å². The Hall–Kier alpha value is -3.21. The number of carbonyl (C=O) groups is 1. The third kappa shape index (κ3) is 4.70. The first-order valence-corrected chi connectivity index (χ1v) is 8.95. The highest BCUT2D eigenvalue weighted by Crippen LogP contribution is 2.23. The van der Waals surface area contributed by atoms with Crippen LogP contribution in [0.4, 0.5) is 11.5 Å². The highest BCUT2D eigenvalue weighted by molar-refractivity contribution is 5.93. The fourth-order valence-corrected chi connectivity index (χ4v) is 2.98. The maximum Gasteiger partial charge on any atom is 0.270 e. The number of carbonyl (C=O) groups excluding carboxylic acids is 1. The Morgan fingerprint density at radius 2 is 1.63 bits per heavy atom. The second-order valence-electron chi connectivity index (χ2n) is 6.75. The molecule has 0 fully saturated rings. The number of anilines is 2. The van der Waals surface area contributed by atoms with Crippen molar-refractivity contribution in [3.63, 3.8) is 0 Å². The lowest BCUT2D eigenvalue weighted by molar-refractivity contribution is 0.0945. The van der Waals surface area contributed by atoms with Gasteiger partial charge in [-0.2, -0.15) is 0 Å². The summed E-state index contributed by atoms with van der Waals surface area (Å²) in [7, 11) is 0. The molecule has 3 aromatic rings. The molecule has 0 spiro atoms. The Balaban J connectivity index is 1.77. The Labute approximate surface area is 159 Å². The van der Waals surface area contributed by atoms with Crippen LogP contribution in [-0.2, 0) is 6.54 Å². The van der Waals surface area contributed by atoms with E-state index in [9.17, 15) is 4.79 Å². The van der Waals surface area contributed by atoms with E-state index in [0.717, 1.165) is 22.4 Å². The molecule has 0 saturated carbocycles. The van der Waals surface area contributed by atoms with Crippen molar-refractivity contribution in [1.29, 1.82) is 0 Å². The molecular weight excluding hydrogens is 336 g/mol. The van der Waals surface area contributed by atoms with Crippen molar-refractivity contribution in [2.24, 2.45) is 0 Å². The van der Waals surface area contributed by atoms with Crippen LogP contribution in [0, 0.1) is 27.7 Å². The smallest absolute Gasteiger partial charge is 0.270 e. The summed E-state index contributed by atoms with van der Waals surface area (Å²) in [6.07, 6.45) is 0. The van der Waals surface area contributed by atoms with Crippen LogP contribution < -0.4 is 10.6 Å². The third-order valence-corrected chi connectivity index (χ3v) is 4.34. The quantitative estimate of drug-likeness (QED) is 0.708. The minimum absolute atomic E-state index is 0.216. The van der Waals surface area contributed by atoms with Crippen molar-refractivity contribution >= 4 is 17.4 Å². The summed E-state index contributed by atoms with van der Waals surface area (Å²) in [5, 5.41) is 6.25. The largest absolute Gasteiger partial charge is 0.347 e. The zero-order chi connectivity index (χ0) is 19.4. The SMILES string of the molecule is Cc1cccc(CNC(=O)c2cc(Nc3c(C)cccc3C)nc(C)n2)c1. The number of aromatic nitrogens is 2. The highest BCUT2D eigenvalue weighted by Gasteiger charge is 2.12. The van der Waals surface area contributed by atoms with Crippen LogP contribution in [-0.4, -0.2) is 15.9 Å². The van der Waals surface area contributed by atoms with Gasteiger partial charge >= 0.3 is 0 Å². The van der Waals surface area contributed by atoms with Gasteiger partial charge in [0.25, 0.3) is 5.91 Å². The van der Waals surface area contributed by atoms with Crippen molar-refractivity contribution in [1.82, 2.24) is 15.3 Å². The van der Waals surface area contributed by atoms with Crippen LogP contribution in [0.3, 0.4) is 0 Å². The minimum Gasteiger partial charge on any atom is -0.347 e. The van der Waals surface area contributed by atoms with E-state index in [2.05, 4.69) is 26.7 Å². The summed E-state index contributed by atoms with van der Waals surface area (Å²) < 4.78 is 0. The molecule has 2 aromatic carbocycles. The monoisotopic (exact) mass is 360 g/mol. The van der Waals surface area contributed by atoms with E-state index in [1.165, 1.54) is 5.56 Å². The number of nitrogens with zero attached hydrogens (tertiary/aromatic N) is 2. The van der Waals surface area contributed by atoms with E-state index in [1.54, 1.807) is 13.0 Å². The number of rotatable bonds is 5. The van der Waals surface area contributed by atoms with Crippen LogP contribution in [0.5, 0.6) is 0 Å².